The number of hydrogen-bond acceptors (Lipinski definition) is 0. The zero-order valence-corrected chi connectivity index (χ0v) is 13.4. The van der Waals surface area contributed by atoms with Crippen molar-refractivity contribution in [3.8, 4) is 0 Å². The normalized spacial score (nSPS) is 11.7. The average Bonchev–Trinajstić information content (AvgIpc) is 1.89. The van der Waals surface area contributed by atoms with Gasteiger partial charge in [-0.2, -0.15) is 13.2 Å². The molecule has 0 heterocycles. The molecule has 0 radical (unpaired) electrons. The second kappa shape index (κ2) is 13.9. The topological polar surface area (TPSA) is 0 Å². The molecule has 21 heteroatoms. The van der Waals surface area contributed by atoms with Gasteiger partial charge in [-0.1, -0.05) is 0 Å². The van der Waals surface area contributed by atoms with Crippen LogP contribution in [0.5, 0.6) is 0 Å². The molecule has 0 aliphatic carbocycles. The molecule has 0 aromatic heterocycles. The van der Waals surface area contributed by atoms with E-state index >= 15 is 0 Å². The summed E-state index contributed by atoms with van der Waals surface area (Å²) in [6.07, 6.45) is -9.53. The summed E-state index contributed by atoms with van der Waals surface area (Å²) in [6, 6.07) is 0. The smallest absolute Gasteiger partial charge is 0.418 e. The predicted molar refractivity (Wildman–Crippen MR) is 42.6 cm³/mol. The van der Waals surface area contributed by atoms with Crippen LogP contribution in [0, 0.1) is 0 Å². The third-order valence-electron chi connectivity index (χ3n) is 0.247. The Balaban J connectivity index is -0.0000000625. The fraction of sp³-hybridized carbons (Fsp3) is 1.00. The van der Waals surface area contributed by atoms with Crippen molar-refractivity contribution in [2.24, 2.45) is 0 Å². The van der Waals surface area contributed by atoms with Crippen LogP contribution in [0.2, 0.25) is 0 Å². The molecule has 0 rings (SSSR count). The van der Waals surface area contributed by atoms with E-state index in [4.69, 9.17) is 0 Å². The van der Waals surface area contributed by atoms with Crippen LogP contribution in [0.15, 0.2) is 0 Å². The van der Waals surface area contributed by atoms with Gasteiger partial charge in [0, 0.05) is 0 Å². The van der Waals surface area contributed by atoms with Crippen molar-refractivity contribution in [1.82, 2.24) is 0 Å². The molecule has 0 aliphatic rings. The van der Waals surface area contributed by atoms with E-state index in [1.54, 1.807) is 0 Å². The van der Waals surface area contributed by atoms with Crippen LogP contribution in [0.3, 0.4) is 0 Å². The van der Waals surface area contributed by atoms with Crippen molar-refractivity contribution in [2.45, 2.75) is 12.6 Å². The Morgan fingerprint density at radius 1 is 0.478 bits per heavy atom. The molecule has 0 fully saturated rings. The minimum Gasteiger partial charge on any atom is -0.418 e. The molecule has 23 heavy (non-hydrogen) atoms. The van der Waals surface area contributed by atoms with E-state index in [0.717, 1.165) is 0 Å². The Bertz CT molecular complexity index is 198. The van der Waals surface area contributed by atoms with Gasteiger partial charge in [-0.15, -0.1) is 0 Å². The van der Waals surface area contributed by atoms with Crippen LogP contribution in [0.4, 0.5) is 73.7 Å². The van der Waals surface area contributed by atoms with E-state index in [-0.39, 0.29) is 51.4 Å². The summed E-state index contributed by atoms with van der Waals surface area (Å²) in [4.78, 5) is 0. The molecular weight excluding hydrogens is 419 g/mol. The van der Waals surface area contributed by atoms with Crippen molar-refractivity contribution in [1.29, 1.82) is 0 Å². The molecule has 0 unspecified atom stereocenters. The van der Waals surface area contributed by atoms with Crippen molar-refractivity contribution < 1.29 is 125 Å². The van der Waals surface area contributed by atoms with Gasteiger partial charge in [0.05, 0.1) is 0 Å². The first kappa shape index (κ1) is 34.9. The third kappa shape index (κ3) is 219. The maximum absolute atomic E-state index is 10.4. The summed E-state index contributed by atoms with van der Waals surface area (Å²) >= 11 is 0. The number of rotatable bonds is 0. The Hall–Kier alpha value is 0.641. The Morgan fingerprint density at radius 2 is 0.522 bits per heavy atom. The van der Waals surface area contributed by atoms with E-state index in [0.29, 0.717) is 0 Å². The second-order valence-corrected chi connectivity index (χ2v) is 2.33. The zero-order valence-electron chi connectivity index (χ0n) is 10.2. The SMILES string of the molecule is FC(F)C(F)(F)F.F[B-](F)(F)F.F[B-](F)(F)F.F[B-](F)(F)F.[K+]. The van der Waals surface area contributed by atoms with Gasteiger partial charge >= 0.3 is 85.7 Å². The Labute approximate surface area is 158 Å². The zero-order chi connectivity index (χ0) is 19.6. The molecule has 0 spiro atoms. The number of hydrogen-bond donors (Lipinski definition) is 0. The van der Waals surface area contributed by atoms with Gasteiger partial charge in [0.2, 0.25) is 0 Å². The van der Waals surface area contributed by atoms with Gasteiger partial charge in [0.15, 0.2) is 0 Å². The van der Waals surface area contributed by atoms with Crippen LogP contribution < -0.4 is 51.4 Å². The number of halogens is 17. The molecule has 0 saturated heterocycles. The maximum atomic E-state index is 10.4. The molecule has 0 bridgehead atoms. The van der Waals surface area contributed by atoms with Gasteiger partial charge in [0.1, 0.15) is 0 Å². The first-order valence-electron chi connectivity index (χ1n) is 3.91. The monoisotopic (exact) mass is 420 g/mol. The Morgan fingerprint density at radius 3 is 0.522 bits per heavy atom. The summed E-state index contributed by atoms with van der Waals surface area (Å²) in [5, 5.41) is 0. The molecule has 0 aromatic carbocycles. The Kier molecular flexibility index (Phi) is 21.0. The van der Waals surface area contributed by atoms with E-state index in [2.05, 4.69) is 0 Å². The summed E-state index contributed by atoms with van der Waals surface area (Å²) in [6.45, 7) is 0. The summed E-state index contributed by atoms with van der Waals surface area (Å²) < 4.78 is 169. The fourth-order valence-electron chi connectivity index (χ4n) is 0. The van der Waals surface area contributed by atoms with Crippen molar-refractivity contribution >= 4 is 21.8 Å². The summed E-state index contributed by atoms with van der Waals surface area (Å²) in [5.41, 5.74) is 0. The first-order chi connectivity index (χ1) is 8.94. The molecule has 0 nitrogen and oxygen atoms in total. The van der Waals surface area contributed by atoms with Gasteiger partial charge in [-0.25, -0.2) is 8.78 Å². The van der Waals surface area contributed by atoms with Crippen molar-refractivity contribution in [3.63, 3.8) is 0 Å². The quantitative estimate of drug-likeness (QED) is 0.418. The first-order valence-corrected chi connectivity index (χ1v) is 3.91. The molecule has 0 aliphatic heterocycles. The van der Waals surface area contributed by atoms with Crippen LogP contribution in [-0.4, -0.2) is 34.4 Å². The average molecular weight is 420 g/mol. The number of alkyl halides is 5. The van der Waals surface area contributed by atoms with Gasteiger partial charge < -0.3 is 51.8 Å². The third-order valence-corrected chi connectivity index (χ3v) is 0.247. The summed E-state index contributed by atoms with van der Waals surface area (Å²) in [7, 11) is -18.0. The van der Waals surface area contributed by atoms with Crippen LogP contribution in [0.1, 0.15) is 0 Å². The fourth-order valence-corrected chi connectivity index (χ4v) is 0. The second-order valence-electron chi connectivity index (χ2n) is 2.33. The minimum absolute atomic E-state index is 0. The van der Waals surface area contributed by atoms with E-state index in [1.807, 2.05) is 0 Å². The van der Waals surface area contributed by atoms with Crippen molar-refractivity contribution in [3.05, 3.63) is 0 Å². The largest absolute Gasteiger partial charge is 1.00 e. The van der Waals surface area contributed by atoms with E-state index in [1.165, 1.54) is 0 Å². The standard InChI is InChI=1S/C2HF5.3BF4.K/c3-1(4)2(5,6)7;3*2-1(3,4)5;/h1H;;;;/q;3*-1;+1. The molecule has 0 N–H and O–H groups in total. The molecule has 0 amide bonds. The van der Waals surface area contributed by atoms with E-state index < -0.39 is 34.4 Å². The van der Waals surface area contributed by atoms with Crippen LogP contribution in [0.25, 0.3) is 0 Å². The van der Waals surface area contributed by atoms with Gasteiger partial charge in [-0.05, 0) is 0 Å². The molecule has 0 atom stereocenters. The maximum Gasteiger partial charge on any atom is 1.00 e. The van der Waals surface area contributed by atoms with Crippen molar-refractivity contribution in [2.75, 3.05) is 0 Å². The molecule has 0 aromatic rings. The van der Waals surface area contributed by atoms with E-state index in [9.17, 15) is 73.7 Å². The molecule has 0 saturated carbocycles. The van der Waals surface area contributed by atoms with Gasteiger partial charge in [0.25, 0.3) is 0 Å². The minimum atomic E-state index is -6.00. The van der Waals surface area contributed by atoms with Gasteiger partial charge in [-0.3, -0.25) is 0 Å². The predicted octanol–water partition coefficient (Wildman–Crippen LogP) is 2.72. The molecule has 140 valence electrons. The van der Waals surface area contributed by atoms with Crippen LogP contribution in [-0.2, 0) is 0 Å². The van der Waals surface area contributed by atoms with Crippen LogP contribution >= 0.6 is 0 Å². The summed E-state index contributed by atoms with van der Waals surface area (Å²) in [5.74, 6) is 0. The molecular formula is C2HB3F17K-2.